The molecule has 0 unspecified atom stereocenters. The van der Waals surface area contributed by atoms with Crippen molar-refractivity contribution in [2.45, 2.75) is 25.6 Å². The van der Waals surface area contributed by atoms with Crippen LogP contribution < -0.4 is 5.32 Å². The summed E-state index contributed by atoms with van der Waals surface area (Å²) in [7, 11) is 0. The molecule has 0 radical (unpaired) electrons. The molecule has 0 spiro atoms. The van der Waals surface area contributed by atoms with Crippen LogP contribution in [0.25, 0.3) is 11.3 Å². The monoisotopic (exact) mass is 308 g/mol. The summed E-state index contributed by atoms with van der Waals surface area (Å²) in [5, 5.41) is 12.5. The van der Waals surface area contributed by atoms with E-state index in [0.717, 1.165) is 22.6 Å². The Morgan fingerprint density at radius 2 is 1.57 bits per heavy atom. The zero-order valence-corrected chi connectivity index (χ0v) is 13.2. The van der Waals surface area contributed by atoms with Crippen LogP contribution in [0.4, 0.5) is 0 Å². The van der Waals surface area contributed by atoms with Crippen LogP contribution in [0, 0.1) is 0 Å². The lowest BCUT2D eigenvalue weighted by atomic mass is 10.0. The van der Waals surface area contributed by atoms with Gasteiger partial charge in [-0.1, -0.05) is 60.7 Å². The number of benzene rings is 2. The second kappa shape index (κ2) is 7.27. The third-order valence-corrected chi connectivity index (χ3v) is 4.05. The third-order valence-electron chi connectivity index (χ3n) is 4.05. The average molecular weight is 308 g/mol. The Hall–Kier alpha value is -2.36. The average Bonchev–Trinajstić information content (AvgIpc) is 3.09. The van der Waals surface area contributed by atoms with E-state index in [1.54, 1.807) is 0 Å². The number of furan rings is 1. The molecule has 23 heavy (non-hydrogen) atoms. The number of quaternary nitrogens is 1. The van der Waals surface area contributed by atoms with Crippen molar-refractivity contribution in [1.29, 1.82) is 0 Å². The zero-order valence-electron chi connectivity index (χ0n) is 13.2. The predicted octanol–water partition coefficient (Wildman–Crippen LogP) is 3.13. The summed E-state index contributed by atoms with van der Waals surface area (Å²) in [5.41, 5.74) is 2.02. The minimum Gasteiger partial charge on any atom is -0.455 e. The number of nitrogens with two attached hydrogens (primary N) is 1. The molecule has 0 amide bonds. The summed E-state index contributed by atoms with van der Waals surface area (Å²) in [6.45, 7) is 2.73. The molecule has 118 valence electrons. The molecule has 1 aromatic heterocycles. The number of hydrogen-bond acceptors (Lipinski definition) is 2. The normalized spacial score (nSPS) is 13.7. The molecule has 0 bridgehead atoms. The van der Waals surface area contributed by atoms with E-state index in [9.17, 15) is 5.11 Å². The Balaban J connectivity index is 1.59. The van der Waals surface area contributed by atoms with Gasteiger partial charge in [0.05, 0.1) is 0 Å². The highest BCUT2D eigenvalue weighted by atomic mass is 16.3. The Labute approximate surface area is 136 Å². The maximum absolute atomic E-state index is 10.4. The summed E-state index contributed by atoms with van der Waals surface area (Å²) >= 11 is 0. The Kier molecular flexibility index (Phi) is 4.91. The van der Waals surface area contributed by atoms with Crippen LogP contribution in [0.5, 0.6) is 0 Å². The fraction of sp³-hybridized carbons (Fsp3) is 0.200. The van der Waals surface area contributed by atoms with E-state index >= 15 is 0 Å². The van der Waals surface area contributed by atoms with Gasteiger partial charge < -0.3 is 14.8 Å². The maximum atomic E-state index is 10.4. The summed E-state index contributed by atoms with van der Waals surface area (Å²) in [6, 6.07) is 23.9. The predicted molar refractivity (Wildman–Crippen MR) is 90.6 cm³/mol. The number of aliphatic hydroxyl groups is 1. The van der Waals surface area contributed by atoms with Gasteiger partial charge in [0.25, 0.3) is 0 Å². The van der Waals surface area contributed by atoms with E-state index in [4.69, 9.17) is 4.42 Å². The van der Waals surface area contributed by atoms with Crippen molar-refractivity contribution in [3.63, 3.8) is 0 Å². The molecule has 0 aliphatic rings. The number of hydrogen-bond donors (Lipinski definition) is 2. The van der Waals surface area contributed by atoms with E-state index in [2.05, 4.69) is 5.32 Å². The standard InChI is InChI=1S/C20H21NO2/c1-15(20(22)17-10-6-3-7-11-17)21-14-18-12-13-19(23-18)16-8-4-2-5-9-16/h2-13,15,20-22H,14H2,1H3/p+1/t15-,20-/m0/s1. The molecular weight excluding hydrogens is 286 g/mol. The zero-order chi connectivity index (χ0) is 16.1. The molecule has 3 N–H and O–H groups in total. The van der Waals surface area contributed by atoms with Crippen LogP contribution in [0.15, 0.2) is 77.2 Å². The smallest absolute Gasteiger partial charge is 0.158 e. The molecule has 2 aromatic carbocycles. The molecule has 1 heterocycles. The van der Waals surface area contributed by atoms with E-state index in [1.807, 2.05) is 79.7 Å². The van der Waals surface area contributed by atoms with Crippen molar-refractivity contribution in [1.82, 2.24) is 0 Å². The van der Waals surface area contributed by atoms with Gasteiger partial charge >= 0.3 is 0 Å². The Morgan fingerprint density at radius 3 is 2.26 bits per heavy atom. The first-order valence-corrected chi connectivity index (χ1v) is 7.94. The van der Waals surface area contributed by atoms with Crippen molar-refractivity contribution in [3.05, 3.63) is 84.1 Å². The van der Waals surface area contributed by atoms with Crippen molar-refractivity contribution in [2.75, 3.05) is 0 Å². The van der Waals surface area contributed by atoms with Gasteiger partial charge in [0.1, 0.15) is 24.5 Å². The van der Waals surface area contributed by atoms with E-state index in [0.29, 0.717) is 6.54 Å². The van der Waals surface area contributed by atoms with Gasteiger partial charge in [0.15, 0.2) is 5.76 Å². The van der Waals surface area contributed by atoms with E-state index in [-0.39, 0.29) is 6.04 Å². The molecule has 0 aliphatic heterocycles. The molecule has 3 aromatic rings. The number of aliphatic hydroxyl groups excluding tert-OH is 1. The fourth-order valence-electron chi connectivity index (χ4n) is 2.63. The van der Waals surface area contributed by atoms with Gasteiger partial charge in [-0.3, -0.25) is 0 Å². The fourth-order valence-corrected chi connectivity index (χ4v) is 2.63. The first kappa shape index (κ1) is 15.5. The lowest BCUT2D eigenvalue weighted by molar-refractivity contribution is -0.710. The van der Waals surface area contributed by atoms with Crippen LogP contribution in [-0.2, 0) is 6.54 Å². The minimum atomic E-state index is -0.486. The molecular formula is C20H22NO2+. The second-order valence-electron chi connectivity index (χ2n) is 5.79. The van der Waals surface area contributed by atoms with Crippen LogP contribution >= 0.6 is 0 Å². The first-order valence-electron chi connectivity index (χ1n) is 7.94. The molecule has 3 nitrogen and oxygen atoms in total. The molecule has 0 fully saturated rings. The Morgan fingerprint density at radius 1 is 0.913 bits per heavy atom. The van der Waals surface area contributed by atoms with Gasteiger partial charge in [-0.25, -0.2) is 0 Å². The molecule has 0 saturated carbocycles. The maximum Gasteiger partial charge on any atom is 0.158 e. The number of rotatable bonds is 6. The summed E-state index contributed by atoms with van der Waals surface area (Å²) in [6.07, 6.45) is -0.486. The minimum absolute atomic E-state index is 0.0580. The molecule has 2 atom stereocenters. The van der Waals surface area contributed by atoms with Gasteiger partial charge in [-0.2, -0.15) is 0 Å². The highest BCUT2D eigenvalue weighted by Gasteiger charge is 2.19. The second-order valence-corrected chi connectivity index (χ2v) is 5.79. The molecule has 0 saturated heterocycles. The highest BCUT2D eigenvalue weighted by molar-refractivity contribution is 5.57. The van der Waals surface area contributed by atoms with E-state index < -0.39 is 6.10 Å². The lowest BCUT2D eigenvalue weighted by Gasteiger charge is -2.17. The largest absolute Gasteiger partial charge is 0.455 e. The molecule has 0 aliphatic carbocycles. The van der Waals surface area contributed by atoms with Gasteiger partial charge in [-0.05, 0) is 24.6 Å². The topological polar surface area (TPSA) is 50.0 Å². The summed E-state index contributed by atoms with van der Waals surface area (Å²) in [4.78, 5) is 0. The Bertz CT molecular complexity index is 722. The summed E-state index contributed by atoms with van der Waals surface area (Å²) < 4.78 is 5.89. The van der Waals surface area contributed by atoms with Crippen molar-refractivity contribution in [2.24, 2.45) is 0 Å². The van der Waals surface area contributed by atoms with Crippen molar-refractivity contribution >= 4 is 0 Å². The molecule has 3 heteroatoms. The van der Waals surface area contributed by atoms with Gasteiger partial charge in [0, 0.05) is 5.56 Å². The first-order chi connectivity index (χ1) is 11.2. The highest BCUT2D eigenvalue weighted by Crippen LogP contribution is 2.21. The molecule has 3 rings (SSSR count). The van der Waals surface area contributed by atoms with Crippen LogP contribution in [0.3, 0.4) is 0 Å². The lowest BCUT2D eigenvalue weighted by Crippen LogP contribution is -2.88. The van der Waals surface area contributed by atoms with Crippen LogP contribution in [-0.4, -0.2) is 11.1 Å². The van der Waals surface area contributed by atoms with Gasteiger partial charge in [0.2, 0.25) is 0 Å². The summed E-state index contributed by atoms with van der Waals surface area (Å²) in [5.74, 6) is 1.79. The van der Waals surface area contributed by atoms with Crippen molar-refractivity contribution in [3.8, 4) is 11.3 Å². The van der Waals surface area contributed by atoms with Gasteiger partial charge in [-0.15, -0.1) is 0 Å². The quantitative estimate of drug-likeness (QED) is 0.735. The SMILES string of the molecule is C[C@H]([NH2+]Cc1ccc(-c2ccccc2)o1)[C@H](O)c1ccccc1. The van der Waals surface area contributed by atoms with E-state index in [1.165, 1.54) is 0 Å². The van der Waals surface area contributed by atoms with Crippen LogP contribution in [0.2, 0.25) is 0 Å². The van der Waals surface area contributed by atoms with Crippen LogP contribution in [0.1, 0.15) is 24.4 Å². The van der Waals surface area contributed by atoms with Crippen molar-refractivity contribution < 1.29 is 14.8 Å². The third kappa shape index (κ3) is 3.89.